The highest BCUT2D eigenvalue weighted by molar-refractivity contribution is 5.85. The first-order valence-electron chi connectivity index (χ1n) is 7.51. The third-order valence-electron chi connectivity index (χ3n) is 4.87. The van der Waals surface area contributed by atoms with Crippen molar-refractivity contribution in [1.82, 2.24) is 4.90 Å². The number of hydrogen-bond donors (Lipinski definition) is 1. The van der Waals surface area contributed by atoms with E-state index in [4.69, 9.17) is 5.73 Å². The van der Waals surface area contributed by atoms with Crippen LogP contribution in [0.25, 0.3) is 0 Å². The summed E-state index contributed by atoms with van der Waals surface area (Å²) in [5.41, 5.74) is 6.54. The van der Waals surface area contributed by atoms with Gasteiger partial charge in [0.1, 0.15) is 0 Å². The number of likely N-dealkylation sites (tertiary alicyclic amines) is 1. The van der Waals surface area contributed by atoms with Gasteiger partial charge in [-0.05, 0) is 37.0 Å². The van der Waals surface area contributed by atoms with Crippen LogP contribution in [0.5, 0.6) is 0 Å². The average molecular weight is 289 g/mol. The van der Waals surface area contributed by atoms with Gasteiger partial charge in [-0.2, -0.15) is 0 Å². The molecule has 2 aliphatic rings. The lowest BCUT2D eigenvalue weighted by Gasteiger charge is -2.38. The van der Waals surface area contributed by atoms with Crippen molar-refractivity contribution in [3.05, 3.63) is 0 Å². The van der Waals surface area contributed by atoms with Crippen molar-refractivity contribution < 1.29 is 4.79 Å². The first-order valence-corrected chi connectivity index (χ1v) is 7.51. The summed E-state index contributed by atoms with van der Waals surface area (Å²) in [5, 5.41) is 0. The molecular weight excluding hydrogens is 260 g/mol. The molecule has 1 amide bonds. The van der Waals surface area contributed by atoms with Crippen LogP contribution in [-0.2, 0) is 4.79 Å². The Hall–Kier alpha value is -0.280. The summed E-state index contributed by atoms with van der Waals surface area (Å²) in [4.78, 5) is 14.4. The highest BCUT2D eigenvalue weighted by atomic mass is 35.5. The maximum absolute atomic E-state index is 12.3. The maximum Gasteiger partial charge on any atom is 0.222 e. The minimum absolute atomic E-state index is 0. The van der Waals surface area contributed by atoms with Crippen LogP contribution in [0.2, 0.25) is 0 Å². The number of nitrogens with two attached hydrogens (primary N) is 1. The molecule has 0 aromatic heterocycles. The summed E-state index contributed by atoms with van der Waals surface area (Å²) in [6, 6.07) is 0.254. The van der Waals surface area contributed by atoms with E-state index in [1.165, 1.54) is 12.8 Å². The first kappa shape index (κ1) is 16.8. The van der Waals surface area contributed by atoms with Gasteiger partial charge in [0.2, 0.25) is 5.91 Å². The maximum atomic E-state index is 12.3. The van der Waals surface area contributed by atoms with E-state index >= 15 is 0 Å². The average Bonchev–Trinajstić information content (AvgIpc) is 2.32. The van der Waals surface area contributed by atoms with Crippen LogP contribution in [0.1, 0.15) is 58.8 Å². The molecule has 2 N–H and O–H groups in total. The van der Waals surface area contributed by atoms with E-state index in [1.54, 1.807) is 0 Å². The van der Waals surface area contributed by atoms with Crippen LogP contribution in [0.4, 0.5) is 0 Å². The van der Waals surface area contributed by atoms with Gasteiger partial charge in [0.05, 0.1) is 0 Å². The molecule has 1 saturated heterocycles. The van der Waals surface area contributed by atoms with Gasteiger partial charge < -0.3 is 10.6 Å². The van der Waals surface area contributed by atoms with Crippen LogP contribution in [-0.4, -0.2) is 29.9 Å². The molecule has 4 heteroatoms. The molecule has 1 saturated carbocycles. The first-order chi connectivity index (χ1) is 8.48. The van der Waals surface area contributed by atoms with Gasteiger partial charge in [-0.1, -0.05) is 26.7 Å². The van der Waals surface area contributed by atoms with Gasteiger partial charge in [-0.15, -0.1) is 12.4 Å². The second-order valence-corrected chi connectivity index (χ2v) is 6.96. The van der Waals surface area contributed by atoms with Crippen LogP contribution in [0.3, 0.4) is 0 Å². The van der Waals surface area contributed by atoms with Crippen molar-refractivity contribution in [3.63, 3.8) is 0 Å². The van der Waals surface area contributed by atoms with Gasteiger partial charge >= 0.3 is 0 Å². The fourth-order valence-corrected chi connectivity index (χ4v) is 3.20. The molecule has 0 spiro atoms. The molecule has 0 aromatic rings. The summed E-state index contributed by atoms with van der Waals surface area (Å²) in [6.45, 7) is 6.47. The SMILES string of the molecule is CC1(C)CCN(C(=O)CC2CCCCC2N)CC1.Cl. The molecule has 2 unspecified atom stereocenters. The number of rotatable bonds is 2. The number of piperidine rings is 1. The fraction of sp³-hybridized carbons (Fsp3) is 0.933. The standard InChI is InChI=1S/C15H28N2O.ClH/c1-15(2)7-9-17(10-8-15)14(18)11-12-5-3-4-6-13(12)16;/h12-13H,3-11,16H2,1-2H3;1H. The topological polar surface area (TPSA) is 46.3 Å². The molecule has 1 heterocycles. The minimum Gasteiger partial charge on any atom is -0.343 e. The van der Waals surface area contributed by atoms with Crippen molar-refractivity contribution in [2.75, 3.05) is 13.1 Å². The van der Waals surface area contributed by atoms with Gasteiger partial charge in [0.25, 0.3) is 0 Å². The normalized spacial score (nSPS) is 30.6. The molecule has 0 aromatic carbocycles. The minimum atomic E-state index is 0. The molecule has 112 valence electrons. The monoisotopic (exact) mass is 288 g/mol. The van der Waals surface area contributed by atoms with E-state index in [0.717, 1.165) is 38.8 Å². The summed E-state index contributed by atoms with van der Waals surface area (Å²) in [7, 11) is 0. The van der Waals surface area contributed by atoms with E-state index < -0.39 is 0 Å². The Balaban J connectivity index is 0.00000180. The number of nitrogens with zero attached hydrogens (tertiary/aromatic N) is 1. The molecule has 0 radical (unpaired) electrons. The smallest absolute Gasteiger partial charge is 0.222 e. The van der Waals surface area contributed by atoms with Crippen LogP contribution < -0.4 is 5.73 Å². The number of hydrogen-bond acceptors (Lipinski definition) is 2. The Kier molecular flexibility index (Phi) is 6.13. The number of amides is 1. The van der Waals surface area contributed by atoms with E-state index in [1.807, 2.05) is 0 Å². The van der Waals surface area contributed by atoms with Crippen molar-refractivity contribution in [2.45, 2.75) is 64.8 Å². The zero-order valence-corrected chi connectivity index (χ0v) is 13.2. The summed E-state index contributed by atoms with van der Waals surface area (Å²) in [6.07, 6.45) is 7.69. The number of carbonyl (C=O) groups excluding carboxylic acids is 1. The van der Waals surface area contributed by atoms with Crippen LogP contribution in [0, 0.1) is 11.3 Å². The van der Waals surface area contributed by atoms with Crippen molar-refractivity contribution in [3.8, 4) is 0 Å². The van der Waals surface area contributed by atoms with Gasteiger partial charge in [0.15, 0.2) is 0 Å². The second-order valence-electron chi connectivity index (χ2n) is 6.96. The molecule has 2 atom stereocenters. The Labute approximate surface area is 123 Å². The Morgan fingerprint density at radius 2 is 1.79 bits per heavy atom. The van der Waals surface area contributed by atoms with E-state index in [2.05, 4.69) is 18.7 Å². The molecule has 2 fully saturated rings. The van der Waals surface area contributed by atoms with Crippen molar-refractivity contribution in [2.24, 2.45) is 17.1 Å². The highest BCUT2D eigenvalue weighted by Gasteiger charge is 2.30. The largest absolute Gasteiger partial charge is 0.343 e. The quantitative estimate of drug-likeness (QED) is 0.849. The van der Waals surface area contributed by atoms with E-state index in [-0.39, 0.29) is 18.4 Å². The molecule has 3 nitrogen and oxygen atoms in total. The van der Waals surface area contributed by atoms with Crippen molar-refractivity contribution >= 4 is 18.3 Å². The molecule has 0 bridgehead atoms. The third-order valence-corrected chi connectivity index (χ3v) is 4.87. The van der Waals surface area contributed by atoms with Crippen molar-refractivity contribution in [1.29, 1.82) is 0 Å². The van der Waals surface area contributed by atoms with E-state index in [0.29, 0.717) is 23.7 Å². The molecule has 19 heavy (non-hydrogen) atoms. The molecule has 1 aliphatic carbocycles. The van der Waals surface area contributed by atoms with Crippen LogP contribution in [0.15, 0.2) is 0 Å². The predicted molar refractivity (Wildman–Crippen MR) is 81.4 cm³/mol. The van der Waals surface area contributed by atoms with E-state index in [9.17, 15) is 4.79 Å². The Morgan fingerprint density at radius 3 is 2.37 bits per heavy atom. The van der Waals surface area contributed by atoms with Crippen LogP contribution >= 0.6 is 12.4 Å². The van der Waals surface area contributed by atoms with Gasteiger partial charge in [-0.25, -0.2) is 0 Å². The molecular formula is C15H29ClN2O. The predicted octanol–water partition coefficient (Wildman–Crippen LogP) is 2.96. The Morgan fingerprint density at radius 1 is 1.21 bits per heavy atom. The second kappa shape index (κ2) is 6.94. The Bertz CT molecular complexity index is 297. The summed E-state index contributed by atoms with van der Waals surface area (Å²) >= 11 is 0. The third kappa shape index (κ3) is 4.64. The zero-order valence-electron chi connectivity index (χ0n) is 12.4. The summed E-state index contributed by atoms with van der Waals surface area (Å²) in [5.74, 6) is 0.772. The number of halogens is 1. The lowest BCUT2D eigenvalue weighted by atomic mass is 9.81. The lowest BCUT2D eigenvalue weighted by molar-refractivity contribution is -0.134. The number of carbonyl (C=O) groups is 1. The van der Waals surface area contributed by atoms with Gasteiger partial charge in [0, 0.05) is 25.6 Å². The summed E-state index contributed by atoms with van der Waals surface area (Å²) < 4.78 is 0. The van der Waals surface area contributed by atoms with Gasteiger partial charge in [-0.3, -0.25) is 4.79 Å². The molecule has 1 aliphatic heterocycles. The lowest BCUT2D eigenvalue weighted by Crippen LogP contribution is -2.43. The zero-order chi connectivity index (χ0) is 13.2. The fourth-order valence-electron chi connectivity index (χ4n) is 3.20. The highest BCUT2D eigenvalue weighted by Crippen LogP contribution is 2.31. The molecule has 2 rings (SSSR count).